The molecule has 0 aliphatic heterocycles. The zero-order chi connectivity index (χ0) is 11.5. The highest BCUT2D eigenvalue weighted by atomic mass is 15.2. The van der Waals surface area contributed by atoms with Gasteiger partial charge in [0.2, 0.25) is 0 Å². The van der Waals surface area contributed by atoms with Crippen LogP contribution >= 0.6 is 0 Å². The first-order valence-corrected chi connectivity index (χ1v) is 5.87. The molecule has 0 heterocycles. The van der Waals surface area contributed by atoms with Crippen molar-refractivity contribution in [2.24, 2.45) is 5.92 Å². The average Bonchev–Trinajstić information content (AvgIpc) is 2.22. The Kier molecular flexibility index (Phi) is 4.19. The summed E-state index contributed by atoms with van der Waals surface area (Å²) in [5.74, 6) is 3.76. The molecule has 1 saturated carbocycles. The van der Waals surface area contributed by atoms with E-state index in [0.717, 1.165) is 5.92 Å². The summed E-state index contributed by atoms with van der Waals surface area (Å²) in [6.07, 6.45) is 10.6. The van der Waals surface area contributed by atoms with Crippen molar-refractivity contribution in [3.05, 3.63) is 0 Å². The zero-order valence-corrected chi connectivity index (χ0v) is 10.5. The van der Waals surface area contributed by atoms with Gasteiger partial charge in [0.05, 0.1) is 6.04 Å². The summed E-state index contributed by atoms with van der Waals surface area (Å²) in [4.78, 5) is 2.32. The Labute approximate surface area is 94.4 Å². The van der Waals surface area contributed by atoms with E-state index < -0.39 is 0 Å². The zero-order valence-electron chi connectivity index (χ0n) is 10.5. The number of nitrogens with zero attached hydrogens (tertiary/aromatic N) is 1. The maximum atomic E-state index is 5.63. The quantitative estimate of drug-likeness (QED) is 0.710. The van der Waals surface area contributed by atoms with Gasteiger partial charge in [-0.1, -0.05) is 12.8 Å². The average molecular weight is 208 g/mol. The summed E-state index contributed by atoms with van der Waals surface area (Å²) >= 11 is 0. The lowest BCUT2D eigenvalue weighted by atomic mass is 9.72. The molecular weight excluding hydrogens is 184 g/mol. The number of terminal acetylenes is 1. The van der Waals surface area contributed by atoms with E-state index in [9.17, 15) is 0 Å². The van der Waals surface area contributed by atoms with Crippen LogP contribution in [0.1, 0.15) is 32.6 Å². The molecule has 1 rings (SSSR count). The summed E-state index contributed by atoms with van der Waals surface area (Å²) in [7, 11) is 6.27. The molecule has 1 fully saturated rings. The summed E-state index contributed by atoms with van der Waals surface area (Å²) < 4.78 is 0. The molecule has 0 spiro atoms. The molecule has 86 valence electrons. The third kappa shape index (κ3) is 2.35. The van der Waals surface area contributed by atoms with Gasteiger partial charge in [-0.2, -0.15) is 0 Å². The summed E-state index contributed by atoms with van der Waals surface area (Å²) in [6, 6.07) is 0.167. The number of nitrogens with one attached hydrogen (secondary N) is 1. The van der Waals surface area contributed by atoms with Gasteiger partial charge in [0.15, 0.2) is 0 Å². The van der Waals surface area contributed by atoms with Gasteiger partial charge in [-0.05, 0) is 52.7 Å². The van der Waals surface area contributed by atoms with E-state index in [-0.39, 0.29) is 11.6 Å². The van der Waals surface area contributed by atoms with Crippen molar-refractivity contribution in [2.45, 2.75) is 44.2 Å². The molecule has 1 unspecified atom stereocenters. The van der Waals surface area contributed by atoms with Crippen LogP contribution in [0.3, 0.4) is 0 Å². The molecule has 0 radical (unpaired) electrons. The fourth-order valence-corrected chi connectivity index (χ4v) is 2.76. The lowest BCUT2D eigenvalue weighted by Crippen LogP contribution is -2.59. The van der Waals surface area contributed by atoms with Crippen LogP contribution in [0.4, 0.5) is 0 Å². The SMILES string of the molecule is C#CC(NC)C1(N(C)C)CCC(C)CC1. The first-order chi connectivity index (χ1) is 7.06. The van der Waals surface area contributed by atoms with Gasteiger partial charge in [-0.15, -0.1) is 6.42 Å². The number of rotatable bonds is 3. The molecular formula is C13H24N2. The highest BCUT2D eigenvalue weighted by Gasteiger charge is 2.41. The smallest absolute Gasteiger partial charge is 0.0870 e. The molecule has 2 nitrogen and oxygen atoms in total. The molecule has 2 heteroatoms. The van der Waals surface area contributed by atoms with E-state index in [0.29, 0.717) is 0 Å². The van der Waals surface area contributed by atoms with E-state index in [1.807, 2.05) is 7.05 Å². The minimum atomic E-state index is 0.163. The Bertz CT molecular complexity index is 231. The highest BCUT2D eigenvalue weighted by molar-refractivity contribution is 5.14. The second-order valence-electron chi connectivity index (χ2n) is 5.07. The van der Waals surface area contributed by atoms with Crippen LogP contribution in [0.2, 0.25) is 0 Å². The van der Waals surface area contributed by atoms with Crippen LogP contribution in [0.25, 0.3) is 0 Å². The molecule has 0 aromatic rings. The Balaban J connectivity index is 2.85. The lowest BCUT2D eigenvalue weighted by Gasteiger charge is -2.47. The third-order valence-electron chi connectivity index (χ3n) is 4.02. The van der Waals surface area contributed by atoms with E-state index in [4.69, 9.17) is 6.42 Å². The van der Waals surface area contributed by atoms with Crippen LogP contribution in [0.15, 0.2) is 0 Å². The van der Waals surface area contributed by atoms with Crippen LogP contribution < -0.4 is 5.32 Å². The Morgan fingerprint density at radius 3 is 2.27 bits per heavy atom. The molecule has 1 N–H and O–H groups in total. The highest BCUT2D eigenvalue weighted by Crippen LogP contribution is 2.37. The van der Waals surface area contributed by atoms with Crippen molar-refractivity contribution in [3.8, 4) is 12.3 Å². The third-order valence-corrected chi connectivity index (χ3v) is 4.02. The van der Waals surface area contributed by atoms with Gasteiger partial charge in [0, 0.05) is 5.54 Å². The maximum absolute atomic E-state index is 5.63. The summed E-state index contributed by atoms with van der Waals surface area (Å²) in [5.41, 5.74) is 0.163. The molecule has 1 aliphatic carbocycles. The second-order valence-corrected chi connectivity index (χ2v) is 5.07. The van der Waals surface area contributed by atoms with Crippen LogP contribution in [0.5, 0.6) is 0 Å². The van der Waals surface area contributed by atoms with Crippen molar-refractivity contribution >= 4 is 0 Å². The molecule has 1 atom stereocenters. The van der Waals surface area contributed by atoms with E-state index in [2.05, 4.69) is 37.2 Å². The van der Waals surface area contributed by atoms with Crippen molar-refractivity contribution < 1.29 is 0 Å². The molecule has 0 aromatic carbocycles. The predicted molar refractivity (Wildman–Crippen MR) is 65.7 cm³/mol. The van der Waals surface area contributed by atoms with Crippen LogP contribution in [0, 0.1) is 18.3 Å². The van der Waals surface area contributed by atoms with Crippen LogP contribution in [-0.4, -0.2) is 37.6 Å². The van der Waals surface area contributed by atoms with Crippen molar-refractivity contribution in [3.63, 3.8) is 0 Å². The van der Waals surface area contributed by atoms with Gasteiger partial charge in [-0.25, -0.2) is 0 Å². The fourth-order valence-electron chi connectivity index (χ4n) is 2.76. The molecule has 0 aromatic heterocycles. The largest absolute Gasteiger partial charge is 0.305 e. The first kappa shape index (κ1) is 12.5. The molecule has 15 heavy (non-hydrogen) atoms. The Hall–Kier alpha value is -0.520. The molecule has 0 saturated heterocycles. The van der Waals surface area contributed by atoms with E-state index in [1.54, 1.807) is 0 Å². The molecule has 0 amide bonds. The van der Waals surface area contributed by atoms with E-state index >= 15 is 0 Å². The van der Waals surface area contributed by atoms with Gasteiger partial charge in [0.25, 0.3) is 0 Å². The maximum Gasteiger partial charge on any atom is 0.0870 e. The second kappa shape index (κ2) is 5.01. The predicted octanol–water partition coefficient (Wildman–Crippen LogP) is 1.72. The normalized spacial score (nSPS) is 33.7. The van der Waals surface area contributed by atoms with E-state index in [1.165, 1.54) is 25.7 Å². The van der Waals surface area contributed by atoms with Crippen LogP contribution in [-0.2, 0) is 0 Å². The first-order valence-electron chi connectivity index (χ1n) is 5.87. The minimum Gasteiger partial charge on any atom is -0.305 e. The van der Waals surface area contributed by atoms with Gasteiger partial charge < -0.3 is 10.2 Å². The summed E-state index contributed by atoms with van der Waals surface area (Å²) in [5, 5.41) is 3.28. The monoisotopic (exact) mass is 208 g/mol. The minimum absolute atomic E-state index is 0.163. The topological polar surface area (TPSA) is 15.3 Å². The number of hydrogen-bond donors (Lipinski definition) is 1. The number of likely N-dealkylation sites (N-methyl/N-ethyl adjacent to an activating group) is 2. The number of hydrogen-bond acceptors (Lipinski definition) is 2. The standard InChI is InChI=1S/C13H24N2/c1-6-12(14-3)13(15(4)5)9-7-11(2)8-10-13/h1,11-12,14H,7-10H2,2-5H3. The van der Waals surface area contributed by atoms with Crippen molar-refractivity contribution in [1.82, 2.24) is 10.2 Å². The Morgan fingerprint density at radius 1 is 1.40 bits per heavy atom. The summed E-state index contributed by atoms with van der Waals surface area (Å²) in [6.45, 7) is 2.34. The van der Waals surface area contributed by atoms with Gasteiger partial charge >= 0.3 is 0 Å². The van der Waals surface area contributed by atoms with Crippen molar-refractivity contribution in [2.75, 3.05) is 21.1 Å². The van der Waals surface area contributed by atoms with Gasteiger partial charge in [-0.3, -0.25) is 0 Å². The van der Waals surface area contributed by atoms with Gasteiger partial charge in [0.1, 0.15) is 0 Å². The fraction of sp³-hybridized carbons (Fsp3) is 0.846. The molecule has 0 bridgehead atoms. The Morgan fingerprint density at radius 2 is 1.93 bits per heavy atom. The van der Waals surface area contributed by atoms with Crippen molar-refractivity contribution in [1.29, 1.82) is 0 Å². The lowest BCUT2D eigenvalue weighted by molar-refractivity contribution is 0.0642. The molecule has 1 aliphatic rings.